The maximum Gasteiger partial charge on any atom is 0.253 e. The Kier molecular flexibility index (Phi) is 5.49. The first-order valence-electron chi connectivity index (χ1n) is 11.4. The third-order valence-electron chi connectivity index (χ3n) is 7.37. The van der Waals surface area contributed by atoms with E-state index in [9.17, 15) is 9.59 Å². The van der Waals surface area contributed by atoms with Gasteiger partial charge in [0.1, 0.15) is 17.0 Å². The summed E-state index contributed by atoms with van der Waals surface area (Å²) in [6.45, 7) is 3.28. The lowest BCUT2D eigenvalue weighted by atomic mass is 9.78. The molecule has 0 aromatic heterocycles. The quantitative estimate of drug-likeness (QED) is 0.715. The number of rotatable bonds is 5. The highest BCUT2D eigenvalue weighted by atomic mass is 35.5. The lowest BCUT2D eigenvalue weighted by Gasteiger charge is -2.37. The molecule has 0 bridgehead atoms. The number of hydrogen-bond donors (Lipinski definition) is 1. The Morgan fingerprint density at radius 1 is 1.21 bits per heavy atom. The summed E-state index contributed by atoms with van der Waals surface area (Å²) >= 11 is 6.42. The number of ether oxygens (including phenoxy) is 2. The van der Waals surface area contributed by atoms with Crippen LogP contribution >= 0.6 is 11.6 Å². The molecule has 3 aliphatic rings. The fraction of sp³-hybridized carbons (Fsp3) is 0.440. The number of nitrogens with zero attached hydrogens (tertiary/aromatic N) is 2. The van der Waals surface area contributed by atoms with Crippen LogP contribution in [-0.2, 0) is 15.1 Å². The van der Waals surface area contributed by atoms with Crippen LogP contribution in [0.3, 0.4) is 0 Å². The van der Waals surface area contributed by atoms with Gasteiger partial charge in [-0.3, -0.25) is 14.5 Å². The van der Waals surface area contributed by atoms with Crippen molar-refractivity contribution in [2.45, 2.75) is 37.8 Å². The predicted octanol–water partition coefficient (Wildman–Crippen LogP) is 4.04. The lowest BCUT2D eigenvalue weighted by Crippen LogP contribution is -2.55. The summed E-state index contributed by atoms with van der Waals surface area (Å²) in [5.74, 6) is 0.352. The maximum absolute atomic E-state index is 14.1. The number of benzene rings is 2. The number of anilines is 2. The number of likely N-dealkylation sites (N-methyl/N-ethyl adjacent to an activating group) is 1. The molecule has 0 radical (unpaired) electrons. The van der Waals surface area contributed by atoms with E-state index in [0.717, 1.165) is 30.6 Å². The Hall–Kier alpha value is -2.77. The minimum atomic E-state index is -1.05. The van der Waals surface area contributed by atoms with Gasteiger partial charge < -0.3 is 19.7 Å². The first-order chi connectivity index (χ1) is 15.9. The van der Waals surface area contributed by atoms with Crippen molar-refractivity contribution < 1.29 is 19.1 Å². The van der Waals surface area contributed by atoms with E-state index in [0.29, 0.717) is 35.2 Å². The van der Waals surface area contributed by atoms with E-state index in [1.165, 1.54) is 0 Å². The van der Waals surface area contributed by atoms with Gasteiger partial charge in [-0.05, 0) is 63.1 Å². The van der Waals surface area contributed by atoms with E-state index in [1.54, 1.807) is 37.3 Å². The van der Waals surface area contributed by atoms with Gasteiger partial charge in [0, 0.05) is 34.9 Å². The largest absolute Gasteiger partial charge is 0.497 e. The Bertz CT molecular complexity index is 1120. The van der Waals surface area contributed by atoms with Gasteiger partial charge in [-0.1, -0.05) is 11.6 Å². The number of amides is 2. The Labute approximate surface area is 198 Å². The van der Waals surface area contributed by atoms with Crippen LogP contribution in [0, 0.1) is 5.92 Å². The zero-order chi connectivity index (χ0) is 23.3. The summed E-state index contributed by atoms with van der Waals surface area (Å²) in [4.78, 5) is 32.0. The smallest absolute Gasteiger partial charge is 0.253 e. The van der Waals surface area contributed by atoms with Gasteiger partial charge in [0.05, 0.1) is 25.8 Å². The van der Waals surface area contributed by atoms with Crippen LogP contribution in [0.15, 0.2) is 36.4 Å². The molecule has 3 aliphatic heterocycles. The van der Waals surface area contributed by atoms with Crippen molar-refractivity contribution in [2.75, 3.05) is 37.5 Å². The van der Waals surface area contributed by atoms with Crippen molar-refractivity contribution in [1.29, 1.82) is 0 Å². The average molecular weight is 470 g/mol. The number of carbonyl (C=O) groups excluding carboxylic acids is 2. The molecule has 0 aliphatic carbocycles. The summed E-state index contributed by atoms with van der Waals surface area (Å²) < 4.78 is 10.8. The highest BCUT2D eigenvalue weighted by molar-refractivity contribution is 6.31. The van der Waals surface area contributed by atoms with E-state index in [4.69, 9.17) is 21.1 Å². The van der Waals surface area contributed by atoms with E-state index in [-0.39, 0.29) is 17.9 Å². The number of nitrogens with one attached hydrogen (secondary N) is 1. The summed E-state index contributed by atoms with van der Waals surface area (Å²) in [5.41, 5.74) is 1.15. The number of carbonyl (C=O) groups is 2. The van der Waals surface area contributed by atoms with Crippen molar-refractivity contribution in [2.24, 2.45) is 5.92 Å². The number of methoxy groups -OCH3 is 2. The average Bonchev–Trinajstić information content (AvgIpc) is 3.46. The standard InChI is InChI=1S/C25H28ClN3O4/c1-4-28-21-9-7-15(26)12-18(21)25(24(28)31)19(13-16-6-5-11-29(16)25)23(30)27-20-14-17(32-2)8-10-22(20)33-3/h7-10,12,14,16,19H,4-6,11,13H2,1-3H3,(H,27,30)/t16-,19-,25-/m0/s1. The second-order valence-corrected chi connectivity index (χ2v) is 9.25. The highest BCUT2D eigenvalue weighted by Crippen LogP contribution is 2.57. The van der Waals surface area contributed by atoms with Gasteiger partial charge >= 0.3 is 0 Å². The fourth-order valence-corrected chi connectivity index (χ4v) is 6.20. The van der Waals surface area contributed by atoms with Crippen molar-refractivity contribution >= 4 is 34.8 Å². The van der Waals surface area contributed by atoms with Crippen LogP contribution in [0.2, 0.25) is 5.02 Å². The van der Waals surface area contributed by atoms with Crippen LogP contribution in [0.25, 0.3) is 0 Å². The van der Waals surface area contributed by atoms with Crippen LogP contribution in [0.4, 0.5) is 11.4 Å². The number of halogens is 1. The summed E-state index contributed by atoms with van der Waals surface area (Å²) in [7, 11) is 3.13. The summed E-state index contributed by atoms with van der Waals surface area (Å²) in [5, 5.41) is 3.61. The predicted molar refractivity (Wildman–Crippen MR) is 127 cm³/mol. The monoisotopic (exact) mass is 469 g/mol. The van der Waals surface area contributed by atoms with E-state index >= 15 is 0 Å². The van der Waals surface area contributed by atoms with Gasteiger partial charge in [-0.15, -0.1) is 0 Å². The van der Waals surface area contributed by atoms with Crippen molar-refractivity contribution in [3.05, 3.63) is 47.0 Å². The molecule has 2 aromatic rings. The minimum Gasteiger partial charge on any atom is -0.497 e. The van der Waals surface area contributed by atoms with Gasteiger partial charge in [0.15, 0.2) is 0 Å². The van der Waals surface area contributed by atoms with Gasteiger partial charge in [-0.25, -0.2) is 0 Å². The molecule has 2 aromatic carbocycles. The molecule has 2 amide bonds. The van der Waals surface area contributed by atoms with Gasteiger partial charge in [-0.2, -0.15) is 0 Å². The van der Waals surface area contributed by atoms with Crippen LogP contribution in [0.5, 0.6) is 11.5 Å². The van der Waals surface area contributed by atoms with E-state index in [2.05, 4.69) is 10.2 Å². The molecule has 7 nitrogen and oxygen atoms in total. The first kappa shape index (κ1) is 22.0. The SMILES string of the molecule is CCN1C(=O)[C@]2(c3cc(Cl)ccc31)[C@H](C(=O)Nc1cc(OC)ccc1OC)C[C@@H]1CCCN12. The van der Waals surface area contributed by atoms with Gasteiger partial charge in [0.2, 0.25) is 5.91 Å². The molecule has 0 saturated carbocycles. The molecular weight excluding hydrogens is 442 g/mol. The molecule has 2 saturated heterocycles. The number of hydrogen-bond acceptors (Lipinski definition) is 5. The van der Waals surface area contributed by atoms with Gasteiger partial charge in [0.25, 0.3) is 5.91 Å². The second-order valence-electron chi connectivity index (χ2n) is 8.81. The normalized spacial score (nSPS) is 25.9. The summed E-state index contributed by atoms with van der Waals surface area (Å²) in [6, 6.07) is 11.0. The van der Waals surface area contributed by atoms with Crippen LogP contribution in [-0.4, -0.2) is 50.1 Å². The molecule has 3 heterocycles. The lowest BCUT2D eigenvalue weighted by molar-refractivity contribution is -0.136. The van der Waals surface area contributed by atoms with E-state index < -0.39 is 11.5 Å². The fourth-order valence-electron chi connectivity index (χ4n) is 6.02. The molecule has 1 N–H and O–H groups in total. The molecular formula is C25H28ClN3O4. The molecule has 0 unspecified atom stereocenters. The molecule has 5 rings (SSSR count). The highest BCUT2D eigenvalue weighted by Gasteiger charge is 2.67. The zero-order valence-corrected chi connectivity index (χ0v) is 19.8. The Morgan fingerprint density at radius 2 is 2.03 bits per heavy atom. The molecule has 174 valence electrons. The first-order valence-corrected chi connectivity index (χ1v) is 11.7. The zero-order valence-electron chi connectivity index (χ0n) is 19.1. The minimum absolute atomic E-state index is 0.0376. The van der Waals surface area contributed by atoms with Crippen molar-refractivity contribution in [1.82, 2.24) is 4.90 Å². The molecule has 1 spiro atoms. The Morgan fingerprint density at radius 3 is 2.76 bits per heavy atom. The topological polar surface area (TPSA) is 71.1 Å². The van der Waals surface area contributed by atoms with Crippen molar-refractivity contribution in [3.63, 3.8) is 0 Å². The Balaban J connectivity index is 1.61. The van der Waals surface area contributed by atoms with Crippen LogP contribution < -0.4 is 19.7 Å². The van der Waals surface area contributed by atoms with Crippen LogP contribution in [0.1, 0.15) is 31.7 Å². The molecule has 33 heavy (non-hydrogen) atoms. The summed E-state index contributed by atoms with van der Waals surface area (Å²) in [6.07, 6.45) is 2.61. The molecule has 2 fully saturated rings. The maximum atomic E-state index is 14.1. The third kappa shape index (κ3) is 3.13. The third-order valence-corrected chi connectivity index (χ3v) is 7.61. The molecule has 8 heteroatoms. The second kappa shape index (κ2) is 8.22. The van der Waals surface area contributed by atoms with Crippen molar-refractivity contribution in [3.8, 4) is 11.5 Å². The van der Waals surface area contributed by atoms with E-state index in [1.807, 2.05) is 25.1 Å². The molecule has 3 atom stereocenters. The number of fused-ring (bicyclic) bond motifs is 4.